The van der Waals surface area contributed by atoms with Gasteiger partial charge in [-0.1, -0.05) is 30.3 Å². The molecule has 1 amide bonds. The maximum atomic E-state index is 12.0. The molecule has 1 aliphatic rings. The fourth-order valence-electron chi connectivity index (χ4n) is 2.78. The lowest BCUT2D eigenvalue weighted by atomic mass is 9.97. The maximum absolute atomic E-state index is 12.0. The molecule has 0 saturated carbocycles. The largest absolute Gasteiger partial charge is 0.493 e. The molecular weight excluding hydrogens is 318 g/mol. The average Bonchev–Trinajstić information content (AvgIpc) is 2.64. The van der Waals surface area contributed by atoms with E-state index in [-0.39, 0.29) is 24.2 Å². The van der Waals surface area contributed by atoms with Crippen molar-refractivity contribution in [2.45, 2.75) is 13.3 Å². The standard InChI is InChI=1S/C20H21NO4/c1-14(22)16-6-4-7-18(10-16)24-13-20(23)21-11-15-9-17-5-2-3-8-19(17)25-12-15/h2-8,10,15H,9,11-13H2,1H3,(H,21,23). The number of carbonyl (C=O) groups is 2. The summed E-state index contributed by atoms with van der Waals surface area (Å²) in [5.41, 5.74) is 1.74. The molecule has 0 bridgehead atoms. The second-order valence-electron chi connectivity index (χ2n) is 6.17. The van der Waals surface area contributed by atoms with E-state index < -0.39 is 0 Å². The number of benzene rings is 2. The molecule has 5 nitrogen and oxygen atoms in total. The van der Waals surface area contributed by atoms with Crippen LogP contribution in [0.3, 0.4) is 0 Å². The molecule has 5 heteroatoms. The van der Waals surface area contributed by atoms with Crippen LogP contribution in [-0.4, -0.2) is 31.4 Å². The normalized spacial score (nSPS) is 15.6. The molecule has 0 spiro atoms. The number of fused-ring (bicyclic) bond motifs is 1. The van der Waals surface area contributed by atoms with Crippen LogP contribution in [0.5, 0.6) is 11.5 Å². The van der Waals surface area contributed by atoms with Crippen molar-refractivity contribution in [3.63, 3.8) is 0 Å². The highest BCUT2D eigenvalue weighted by molar-refractivity contribution is 5.94. The van der Waals surface area contributed by atoms with Crippen LogP contribution < -0.4 is 14.8 Å². The van der Waals surface area contributed by atoms with Gasteiger partial charge in [0, 0.05) is 18.0 Å². The van der Waals surface area contributed by atoms with Gasteiger partial charge in [0.05, 0.1) is 6.61 Å². The topological polar surface area (TPSA) is 64.6 Å². The third-order valence-corrected chi connectivity index (χ3v) is 4.15. The number of rotatable bonds is 6. The highest BCUT2D eigenvalue weighted by atomic mass is 16.5. The van der Waals surface area contributed by atoms with Crippen molar-refractivity contribution in [2.75, 3.05) is 19.8 Å². The summed E-state index contributed by atoms with van der Waals surface area (Å²) in [7, 11) is 0. The summed E-state index contributed by atoms with van der Waals surface area (Å²) < 4.78 is 11.2. The number of Topliss-reactive ketones (excluding diaryl/α,β-unsaturated/α-hetero) is 1. The molecule has 0 aliphatic carbocycles. The first-order chi connectivity index (χ1) is 12.1. The molecule has 2 aromatic rings. The maximum Gasteiger partial charge on any atom is 0.257 e. The molecule has 2 aromatic carbocycles. The summed E-state index contributed by atoms with van der Waals surface area (Å²) in [6.45, 7) is 2.56. The van der Waals surface area contributed by atoms with E-state index in [1.54, 1.807) is 24.3 Å². The zero-order chi connectivity index (χ0) is 17.6. The molecule has 3 rings (SSSR count). The Morgan fingerprint density at radius 1 is 1.20 bits per heavy atom. The predicted molar refractivity (Wildman–Crippen MR) is 94.1 cm³/mol. The molecule has 1 N–H and O–H groups in total. The lowest BCUT2D eigenvalue weighted by Crippen LogP contribution is -2.37. The Hall–Kier alpha value is -2.82. The lowest BCUT2D eigenvalue weighted by Gasteiger charge is -2.25. The molecule has 0 saturated heterocycles. The lowest BCUT2D eigenvalue weighted by molar-refractivity contribution is -0.123. The number of carbonyl (C=O) groups excluding carboxylic acids is 2. The minimum atomic E-state index is -0.188. The number of hydrogen-bond acceptors (Lipinski definition) is 4. The Kier molecular flexibility index (Phi) is 5.33. The zero-order valence-electron chi connectivity index (χ0n) is 14.2. The fraction of sp³-hybridized carbons (Fsp3) is 0.300. The second kappa shape index (κ2) is 7.83. The Labute approximate surface area is 147 Å². The first-order valence-electron chi connectivity index (χ1n) is 8.33. The number of hydrogen-bond donors (Lipinski definition) is 1. The van der Waals surface area contributed by atoms with Gasteiger partial charge in [0.15, 0.2) is 12.4 Å². The Morgan fingerprint density at radius 2 is 2.04 bits per heavy atom. The van der Waals surface area contributed by atoms with Gasteiger partial charge in [-0.15, -0.1) is 0 Å². The van der Waals surface area contributed by atoms with Crippen LogP contribution in [0.15, 0.2) is 48.5 Å². The number of para-hydroxylation sites is 1. The third kappa shape index (κ3) is 4.59. The van der Waals surface area contributed by atoms with Gasteiger partial charge in [0.2, 0.25) is 0 Å². The summed E-state index contributed by atoms with van der Waals surface area (Å²) in [6, 6.07) is 14.8. The minimum Gasteiger partial charge on any atom is -0.493 e. The molecule has 1 heterocycles. The van der Waals surface area contributed by atoms with Crippen LogP contribution in [0, 0.1) is 5.92 Å². The van der Waals surface area contributed by atoms with E-state index in [4.69, 9.17) is 9.47 Å². The van der Waals surface area contributed by atoms with Crippen molar-refractivity contribution in [3.05, 3.63) is 59.7 Å². The van der Waals surface area contributed by atoms with E-state index in [0.29, 0.717) is 24.5 Å². The van der Waals surface area contributed by atoms with Crippen molar-refractivity contribution in [3.8, 4) is 11.5 Å². The van der Waals surface area contributed by atoms with E-state index in [1.165, 1.54) is 12.5 Å². The van der Waals surface area contributed by atoms with Gasteiger partial charge in [-0.2, -0.15) is 0 Å². The number of ether oxygens (including phenoxy) is 2. The third-order valence-electron chi connectivity index (χ3n) is 4.15. The molecule has 25 heavy (non-hydrogen) atoms. The van der Waals surface area contributed by atoms with Crippen molar-refractivity contribution in [1.82, 2.24) is 5.32 Å². The summed E-state index contributed by atoms with van der Waals surface area (Å²) in [4.78, 5) is 23.3. The van der Waals surface area contributed by atoms with Gasteiger partial charge in [-0.25, -0.2) is 0 Å². The van der Waals surface area contributed by atoms with Gasteiger partial charge in [-0.05, 0) is 37.1 Å². The average molecular weight is 339 g/mol. The molecular formula is C20H21NO4. The highest BCUT2D eigenvalue weighted by Crippen LogP contribution is 2.26. The first-order valence-corrected chi connectivity index (χ1v) is 8.33. The van der Waals surface area contributed by atoms with Crippen LogP contribution in [0.4, 0.5) is 0 Å². The summed E-state index contributed by atoms with van der Waals surface area (Å²) in [5, 5.41) is 2.88. The van der Waals surface area contributed by atoms with Crippen molar-refractivity contribution in [2.24, 2.45) is 5.92 Å². The summed E-state index contributed by atoms with van der Waals surface area (Å²) in [5.74, 6) is 1.47. The monoisotopic (exact) mass is 339 g/mol. The van der Waals surface area contributed by atoms with E-state index >= 15 is 0 Å². The van der Waals surface area contributed by atoms with Crippen LogP contribution in [0.25, 0.3) is 0 Å². The van der Waals surface area contributed by atoms with Gasteiger partial charge >= 0.3 is 0 Å². The molecule has 1 atom stereocenters. The minimum absolute atomic E-state index is 0.0347. The Morgan fingerprint density at radius 3 is 2.88 bits per heavy atom. The predicted octanol–water partition coefficient (Wildman–Crippen LogP) is 2.64. The molecule has 130 valence electrons. The summed E-state index contributed by atoms with van der Waals surface area (Å²) >= 11 is 0. The van der Waals surface area contributed by atoms with Crippen LogP contribution >= 0.6 is 0 Å². The number of amides is 1. The van der Waals surface area contributed by atoms with Gasteiger partial charge in [0.1, 0.15) is 11.5 Å². The molecule has 0 aromatic heterocycles. The van der Waals surface area contributed by atoms with Gasteiger partial charge in [0.25, 0.3) is 5.91 Å². The Bertz CT molecular complexity index is 772. The Balaban J connectivity index is 1.44. The first kappa shape index (κ1) is 17.0. The van der Waals surface area contributed by atoms with Crippen molar-refractivity contribution < 1.29 is 19.1 Å². The molecule has 1 aliphatic heterocycles. The van der Waals surface area contributed by atoms with Crippen molar-refractivity contribution >= 4 is 11.7 Å². The number of ketones is 1. The quantitative estimate of drug-likeness (QED) is 0.822. The smallest absolute Gasteiger partial charge is 0.257 e. The molecule has 0 fully saturated rings. The highest BCUT2D eigenvalue weighted by Gasteiger charge is 2.20. The van der Waals surface area contributed by atoms with Crippen LogP contribution in [0.2, 0.25) is 0 Å². The number of nitrogens with one attached hydrogen (secondary N) is 1. The van der Waals surface area contributed by atoms with Gasteiger partial charge < -0.3 is 14.8 Å². The van der Waals surface area contributed by atoms with E-state index in [0.717, 1.165) is 12.2 Å². The summed E-state index contributed by atoms with van der Waals surface area (Å²) in [6.07, 6.45) is 0.887. The zero-order valence-corrected chi connectivity index (χ0v) is 14.2. The fourth-order valence-corrected chi connectivity index (χ4v) is 2.78. The van der Waals surface area contributed by atoms with Crippen molar-refractivity contribution in [1.29, 1.82) is 0 Å². The molecule has 1 unspecified atom stereocenters. The van der Waals surface area contributed by atoms with E-state index in [2.05, 4.69) is 11.4 Å². The van der Waals surface area contributed by atoms with Crippen LogP contribution in [0.1, 0.15) is 22.8 Å². The SMILES string of the molecule is CC(=O)c1cccc(OCC(=O)NCC2COc3ccccc3C2)c1. The van der Waals surface area contributed by atoms with Crippen LogP contribution in [-0.2, 0) is 11.2 Å². The molecule has 0 radical (unpaired) electrons. The van der Waals surface area contributed by atoms with E-state index in [9.17, 15) is 9.59 Å². The van der Waals surface area contributed by atoms with E-state index in [1.807, 2.05) is 18.2 Å². The van der Waals surface area contributed by atoms with Gasteiger partial charge in [-0.3, -0.25) is 9.59 Å². The second-order valence-corrected chi connectivity index (χ2v) is 6.17.